The molecule has 0 atom stereocenters. The molecule has 1 fully saturated rings. The van der Waals surface area contributed by atoms with E-state index in [9.17, 15) is 13.2 Å². The lowest BCUT2D eigenvalue weighted by atomic mass is 10.1. The zero-order chi connectivity index (χ0) is 24.0. The first kappa shape index (κ1) is 24.3. The monoisotopic (exact) mass is 497 g/mol. The van der Waals surface area contributed by atoms with E-state index in [0.29, 0.717) is 17.3 Å². The van der Waals surface area contributed by atoms with E-state index in [1.165, 1.54) is 30.5 Å². The molecule has 0 unspecified atom stereocenters. The second-order valence-electron chi connectivity index (χ2n) is 8.38. The van der Waals surface area contributed by atoms with Crippen molar-refractivity contribution < 1.29 is 13.2 Å². The molecule has 1 N–H and O–H groups in total. The predicted octanol–water partition coefficient (Wildman–Crippen LogP) is 4.45. The molecule has 1 saturated heterocycles. The Balaban J connectivity index is 1.43. The van der Waals surface area contributed by atoms with Crippen molar-refractivity contribution in [3.63, 3.8) is 0 Å². The Labute approximate surface area is 206 Å². The van der Waals surface area contributed by atoms with Crippen molar-refractivity contribution in [1.29, 1.82) is 0 Å². The molecule has 1 heterocycles. The third kappa shape index (κ3) is 6.17. The number of hydrogen-bond donors (Lipinski definition) is 1. The summed E-state index contributed by atoms with van der Waals surface area (Å²) in [5.41, 5.74) is 2.58. The van der Waals surface area contributed by atoms with Gasteiger partial charge in [0.15, 0.2) is 0 Å². The molecule has 0 aliphatic carbocycles. The van der Waals surface area contributed by atoms with Crippen LogP contribution in [0.1, 0.15) is 24.0 Å². The van der Waals surface area contributed by atoms with Gasteiger partial charge < -0.3 is 5.32 Å². The maximum Gasteiger partial charge on any atom is 0.264 e. The topological polar surface area (TPSA) is 69.7 Å². The SMILES string of the molecule is O=C(CN(c1ccc(Cl)cc1)S(=O)(=O)c1ccccc1)NCc1ccc(CN2CCCC2)cc1. The van der Waals surface area contributed by atoms with E-state index in [2.05, 4.69) is 22.3 Å². The summed E-state index contributed by atoms with van der Waals surface area (Å²) < 4.78 is 27.7. The summed E-state index contributed by atoms with van der Waals surface area (Å²) in [6.45, 7) is 3.22. The molecule has 0 bridgehead atoms. The molecule has 0 aromatic heterocycles. The number of rotatable bonds is 9. The summed E-state index contributed by atoms with van der Waals surface area (Å²) in [4.78, 5) is 15.3. The fourth-order valence-corrected chi connectivity index (χ4v) is 5.56. The van der Waals surface area contributed by atoms with Crippen LogP contribution >= 0.6 is 11.6 Å². The number of anilines is 1. The Morgan fingerprint density at radius 1 is 0.882 bits per heavy atom. The minimum absolute atomic E-state index is 0.117. The van der Waals surface area contributed by atoms with Gasteiger partial charge >= 0.3 is 0 Å². The van der Waals surface area contributed by atoms with E-state index in [-0.39, 0.29) is 11.4 Å². The van der Waals surface area contributed by atoms with Crippen molar-refractivity contribution in [1.82, 2.24) is 10.2 Å². The summed E-state index contributed by atoms with van der Waals surface area (Å²) in [5, 5.41) is 3.33. The Hall–Kier alpha value is -2.87. The summed E-state index contributed by atoms with van der Waals surface area (Å²) in [6.07, 6.45) is 2.52. The Kier molecular flexibility index (Phi) is 7.88. The van der Waals surface area contributed by atoms with Gasteiger partial charge in [0.25, 0.3) is 10.0 Å². The summed E-state index contributed by atoms with van der Waals surface area (Å²) >= 11 is 5.98. The number of sulfonamides is 1. The first-order chi connectivity index (χ1) is 16.4. The van der Waals surface area contributed by atoms with Gasteiger partial charge in [0.1, 0.15) is 6.54 Å². The van der Waals surface area contributed by atoms with Gasteiger partial charge in [-0.05, 0) is 73.5 Å². The van der Waals surface area contributed by atoms with Crippen molar-refractivity contribution in [2.75, 3.05) is 23.9 Å². The number of hydrogen-bond acceptors (Lipinski definition) is 4. The molecule has 4 rings (SSSR count). The first-order valence-electron chi connectivity index (χ1n) is 11.3. The number of amides is 1. The molecule has 34 heavy (non-hydrogen) atoms. The van der Waals surface area contributed by atoms with E-state index >= 15 is 0 Å². The van der Waals surface area contributed by atoms with Crippen LogP contribution in [0.3, 0.4) is 0 Å². The van der Waals surface area contributed by atoms with E-state index in [4.69, 9.17) is 11.6 Å². The molecule has 8 heteroatoms. The van der Waals surface area contributed by atoms with Gasteiger partial charge in [0, 0.05) is 18.1 Å². The quantitative estimate of drug-likeness (QED) is 0.474. The van der Waals surface area contributed by atoms with Crippen molar-refractivity contribution in [3.8, 4) is 0 Å². The molecule has 178 valence electrons. The number of nitrogens with zero attached hydrogens (tertiary/aromatic N) is 2. The van der Waals surface area contributed by atoms with Crippen molar-refractivity contribution >= 4 is 33.2 Å². The Morgan fingerprint density at radius 2 is 1.50 bits per heavy atom. The van der Waals surface area contributed by atoms with Crippen LogP contribution in [-0.4, -0.2) is 38.9 Å². The van der Waals surface area contributed by atoms with Crippen LogP contribution < -0.4 is 9.62 Å². The third-order valence-electron chi connectivity index (χ3n) is 5.85. The lowest BCUT2D eigenvalue weighted by Crippen LogP contribution is -2.40. The van der Waals surface area contributed by atoms with Crippen LogP contribution in [0.2, 0.25) is 5.02 Å². The van der Waals surface area contributed by atoms with Gasteiger partial charge in [-0.1, -0.05) is 54.1 Å². The number of halogens is 1. The second kappa shape index (κ2) is 11.0. The molecule has 1 aliphatic heterocycles. The smallest absolute Gasteiger partial charge is 0.264 e. The van der Waals surface area contributed by atoms with Crippen LogP contribution in [0.4, 0.5) is 5.69 Å². The molecule has 0 saturated carbocycles. The molecule has 1 amide bonds. The predicted molar refractivity (Wildman–Crippen MR) is 135 cm³/mol. The zero-order valence-corrected chi connectivity index (χ0v) is 20.4. The Morgan fingerprint density at radius 3 is 2.15 bits per heavy atom. The summed E-state index contributed by atoms with van der Waals surface area (Å²) in [7, 11) is -3.94. The van der Waals surface area contributed by atoms with Gasteiger partial charge in [-0.25, -0.2) is 8.42 Å². The number of carbonyl (C=O) groups excluding carboxylic acids is 1. The molecular weight excluding hydrogens is 470 g/mol. The van der Waals surface area contributed by atoms with Gasteiger partial charge in [-0.2, -0.15) is 0 Å². The molecule has 6 nitrogen and oxygen atoms in total. The standard InChI is InChI=1S/C26H28ClN3O3S/c27-23-12-14-24(15-13-23)30(34(32,33)25-6-2-1-3-7-25)20-26(31)28-18-21-8-10-22(11-9-21)19-29-16-4-5-17-29/h1-3,6-15H,4-5,16-20H2,(H,28,31). The van der Waals surface area contributed by atoms with E-state index < -0.39 is 15.9 Å². The second-order valence-corrected chi connectivity index (χ2v) is 10.7. The maximum atomic E-state index is 13.3. The number of likely N-dealkylation sites (tertiary alicyclic amines) is 1. The highest BCUT2D eigenvalue weighted by Crippen LogP contribution is 2.25. The highest BCUT2D eigenvalue weighted by molar-refractivity contribution is 7.92. The maximum absolute atomic E-state index is 13.3. The number of benzene rings is 3. The Bertz CT molecular complexity index is 1190. The largest absolute Gasteiger partial charge is 0.350 e. The average molecular weight is 498 g/mol. The molecule has 1 aliphatic rings. The van der Waals surface area contributed by atoms with Crippen molar-refractivity contribution in [3.05, 3.63) is 95.0 Å². The van der Waals surface area contributed by atoms with Crippen LogP contribution in [0.5, 0.6) is 0 Å². The summed E-state index contributed by atoms with van der Waals surface area (Å²) in [5.74, 6) is -0.393. The van der Waals surface area contributed by atoms with Crippen LogP contribution in [-0.2, 0) is 27.9 Å². The summed E-state index contributed by atoms with van der Waals surface area (Å²) in [6, 6.07) is 22.6. The number of carbonyl (C=O) groups is 1. The zero-order valence-electron chi connectivity index (χ0n) is 18.9. The van der Waals surface area contributed by atoms with Gasteiger partial charge in [0.05, 0.1) is 10.6 Å². The molecule has 3 aromatic rings. The van der Waals surface area contributed by atoms with Crippen LogP contribution in [0.15, 0.2) is 83.8 Å². The fourth-order valence-electron chi connectivity index (χ4n) is 3.99. The third-order valence-corrected chi connectivity index (χ3v) is 7.89. The van der Waals surface area contributed by atoms with Crippen LogP contribution in [0.25, 0.3) is 0 Å². The lowest BCUT2D eigenvalue weighted by molar-refractivity contribution is -0.119. The number of nitrogens with one attached hydrogen (secondary N) is 1. The van der Waals surface area contributed by atoms with Gasteiger partial charge in [-0.3, -0.25) is 14.0 Å². The first-order valence-corrected chi connectivity index (χ1v) is 13.1. The molecular formula is C26H28ClN3O3S. The van der Waals surface area contributed by atoms with E-state index in [0.717, 1.165) is 29.5 Å². The average Bonchev–Trinajstić information content (AvgIpc) is 3.36. The normalized spacial score (nSPS) is 14.1. The van der Waals surface area contributed by atoms with E-state index in [1.54, 1.807) is 42.5 Å². The van der Waals surface area contributed by atoms with Crippen molar-refractivity contribution in [2.45, 2.75) is 30.8 Å². The van der Waals surface area contributed by atoms with Gasteiger partial charge in [-0.15, -0.1) is 0 Å². The lowest BCUT2D eigenvalue weighted by Gasteiger charge is -2.24. The highest BCUT2D eigenvalue weighted by atomic mass is 35.5. The van der Waals surface area contributed by atoms with Crippen LogP contribution in [0, 0.1) is 0 Å². The molecule has 0 spiro atoms. The minimum atomic E-state index is -3.94. The highest BCUT2D eigenvalue weighted by Gasteiger charge is 2.27. The van der Waals surface area contributed by atoms with Crippen molar-refractivity contribution in [2.24, 2.45) is 0 Å². The minimum Gasteiger partial charge on any atom is -0.350 e. The fraction of sp³-hybridized carbons (Fsp3) is 0.269. The molecule has 0 radical (unpaired) electrons. The van der Waals surface area contributed by atoms with E-state index in [1.807, 2.05) is 12.1 Å². The molecule has 3 aromatic carbocycles. The van der Waals surface area contributed by atoms with Gasteiger partial charge in [0.2, 0.25) is 5.91 Å².